The van der Waals surface area contributed by atoms with Gasteiger partial charge in [0.05, 0.1) is 11.6 Å². The molecule has 0 aliphatic carbocycles. The molecule has 3 rings (SSSR count). The van der Waals surface area contributed by atoms with E-state index >= 15 is 0 Å². The first-order valence-electron chi connectivity index (χ1n) is 13.7. The second kappa shape index (κ2) is 16.3. The Hall–Kier alpha value is -4.06. The molecular formula is C30H39N5O6. The number of pyridine rings is 1. The van der Waals surface area contributed by atoms with Crippen molar-refractivity contribution in [1.82, 2.24) is 26.0 Å². The molecule has 3 aromatic rings. The zero-order valence-electron chi connectivity index (χ0n) is 24.0. The summed E-state index contributed by atoms with van der Waals surface area (Å²) in [5.41, 5.74) is 4.73. The number of carbonyl (C=O) groups excluding carboxylic acids is 3. The monoisotopic (exact) mass is 565 g/mol. The minimum Gasteiger partial charge on any atom is -0.351 e. The van der Waals surface area contributed by atoms with Crippen molar-refractivity contribution in [2.75, 3.05) is 19.8 Å². The number of fused-ring (bicyclic) bond motifs is 1. The van der Waals surface area contributed by atoms with E-state index in [4.69, 9.17) is 14.3 Å². The zero-order valence-corrected chi connectivity index (χ0v) is 24.0. The van der Waals surface area contributed by atoms with Crippen LogP contribution in [-0.2, 0) is 37.0 Å². The molecule has 0 radical (unpaired) electrons. The lowest BCUT2D eigenvalue weighted by molar-refractivity contribution is -0.179. The third-order valence-electron chi connectivity index (χ3n) is 6.30. The molecule has 0 saturated heterocycles. The van der Waals surface area contributed by atoms with Crippen LogP contribution in [0.4, 0.5) is 4.79 Å². The summed E-state index contributed by atoms with van der Waals surface area (Å²) in [5.74, 6) is -0.906. The summed E-state index contributed by atoms with van der Waals surface area (Å²) in [6.07, 6.45) is 1.05. The Balaban J connectivity index is 1.63. The molecule has 4 amide bonds. The molecule has 2 aromatic carbocycles. The van der Waals surface area contributed by atoms with Crippen LogP contribution in [0.3, 0.4) is 0 Å². The minimum atomic E-state index is -0.896. The topological polar surface area (TPSA) is 131 Å². The number of para-hydroxylation sites is 1. The molecule has 3 N–H and O–H groups in total. The first kappa shape index (κ1) is 31.5. The Labute approximate surface area is 240 Å². The van der Waals surface area contributed by atoms with Gasteiger partial charge in [-0.3, -0.25) is 19.4 Å². The van der Waals surface area contributed by atoms with E-state index < -0.39 is 36.9 Å². The summed E-state index contributed by atoms with van der Waals surface area (Å²) >= 11 is 0. The molecule has 11 heteroatoms. The third-order valence-corrected chi connectivity index (χ3v) is 6.30. The van der Waals surface area contributed by atoms with E-state index in [0.717, 1.165) is 22.0 Å². The zero-order chi connectivity index (χ0) is 29.6. The van der Waals surface area contributed by atoms with Gasteiger partial charge < -0.3 is 25.0 Å². The fourth-order valence-corrected chi connectivity index (χ4v) is 4.28. The lowest BCUT2D eigenvalue weighted by Crippen LogP contribution is -2.54. The van der Waals surface area contributed by atoms with Crippen molar-refractivity contribution in [3.63, 3.8) is 0 Å². The van der Waals surface area contributed by atoms with Gasteiger partial charge >= 0.3 is 6.03 Å². The maximum atomic E-state index is 13.7. The number of hydroxylamine groups is 1. The van der Waals surface area contributed by atoms with Crippen LogP contribution in [0.25, 0.3) is 10.9 Å². The average molecular weight is 566 g/mol. The quantitative estimate of drug-likeness (QED) is 0.190. The molecule has 1 aromatic heterocycles. The number of amides is 4. The molecule has 0 aliphatic rings. The number of hydrogen-bond acceptors (Lipinski definition) is 7. The van der Waals surface area contributed by atoms with Gasteiger partial charge in [0.15, 0.2) is 12.9 Å². The van der Waals surface area contributed by atoms with E-state index in [1.807, 2.05) is 81.4 Å². The fraction of sp³-hybridized carbons (Fsp3) is 0.400. The molecule has 0 saturated carbocycles. The lowest BCUT2D eigenvalue weighted by Gasteiger charge is -2.36. The van der Waals surface area contributed by atoms with Gasteiger partial charge in [0, 0.05) is 37.9 Å². The molecule has 41 heavy (non-hydrogen) atoms. The molecule has 11 nitrogen and oxygen atoms in total. The molecular weight excluding hydrogens is 526 g/mol. The summed E-state index contributed by atoms with van der Waals surface area (Å²) in [6.45, 7) is 8.03. The van der Waals surface area contributed by atoms with Crippen molar-refractivity contribution in [2.45, 2.75) is 59.2 Å². The van der Waals surface area contributed by atoms with Crippen LogP contribution in [0.2, 0.25) is 0 Å². The summed E-state index contributed by atoms with van der Waals surface area (Å²) in [7, 11) is 0. The Morgan fingerprint density at radius 3 is 2.34 bits per heavy atom. The predicted octanol–water partition coefficient (Wildman–Crippen LogP) is 3.29. The highest BCUT2D eigenvalue weighted by Gasteiger charge is 2.32. The molecule has 0 unspecified atom stereocenters. The van der Waals surface area contributed by atoms with Crippen molar-refractivity contribution >= 4 is 28.7 Å². The first-order chi connectivity index (χ1) is 19.8. The van der Waals surface area contributed by atoms with Crippen LogP contribution >= 0.6 is 0 Å². The number of aromatic nitrogens is 1. The number of hydrogen-bond donors (Lipinski definition) is 3. The van der Waals surface area contributed by atoms with E-state index in [9.17, 15) is 14.4 Å². The second-order valence-electron chi connectivity index (χ2n) is 9.33. The minimum absolute atomic E-state index is 0.227. The van der Waals surface area contributed by atoms with Crippen molar-refractivity contribution in [3.8, 4) is 0 Å². The highest BCUT2D eigenvalue weighted by atomic mass is 16.7. The standard InChI is InChI=1S/C30H39N5O6/c1-5-39-29(40-6-2)22(4)35(19-25-15-10-14-24-16-11-17-31-27(24)25)28(37)21(3)33-26(36)20-41-34-30(38)32-18-23-12-8-7-9-13-23/h7-17,21-22,29H,5-6,18-20H2,1-4H3,(H,33,36)(H2,32,34,38)/t21-,22-/m0/s1. The van der Waals surface area contributed by atoms with Crippen molar-refractivity contribution in [3.05, 3.63) is 78.0 Å². The van der Waals surface area contributed by atoms with E-state index in [0.29, 0.717) is 19.8 Å². The molecule has 220 valence electrons. The van der Waals surface area contributed by atoms with Gasteiger partial charge in [-0.25, -0.2) is 10.3 Å². The van der Waals surface area contributed by atoms with Gasteiger partial charge in [-0.1, -0.05) is 54.6 Å². The molecule has 0 bridgehead atoms. The Morgan fingerprint density at radius 2 is 1.63 bits per heavy atom. The van der Waals surface area contributed by atoms with Crippen LogP contribution in [0.15, 0.2) is 66.9 Å². The number of carbonyl (C=O) groups is 3. The maximum absolute atomic E-state index is 13.7. The van der Waals surface area contributed by atoms with Gasteiger partial charge in [-0.05, 0) is 44.9 Å². The summed E-state index contributed by atoms with van der Waals surface area (Å²) in [5, 5.41) is 6.23. The van der Waals surface area contributed by atoms with Gasteiger partial charge in [0.25, 0.3) is 0 Å². The van der Waals surface area contributed by atoms with Gasteiger partial charge in [-0.15, -0.1) is 0 Å². The number of benzene rings is 2. The summed E-state index contributed by atoms with van der Waals surface area (Å²) < 4.78 is 11.6. The maximum Gasteiger partial charge on any atom is 0.338 e. The number of urea groups is 1. The highest BCUT2D eigenvalue weighted by Crippen LogP contribution is 2.21. The van der Waals surface area contributed by atoms with E-state index in [1.165, 1.54) is 0 Å². The molecule has 1 heterocycles. The SMILES string of the molecule is CCOC(OCC)[C@H](C)N(Cc1cccc2cccnc12)C(=O)[C@H](C)NC(=O)CONC(=O)NCc1ccccc1. The number of nitrogens with zero attached hydrogens (tertiary/aromatic N) is 2. The fourth-order valence-electron chi connectivity index (χ4n) is 4.28. The number of nitrogens with one attached hydrogen (secondary N) is 3. The van der Waals surface area contributed by atoms with E-state index in [1.54, 1.807) is 18.0 Å². The van der Waals surface area contributed by atoms with Gasteiger partial charge in [0.1, 0.15) is 6.04 Å². The average Bonchev–Trinajstić information content (AvgIpc) is 2.98. The number of rotatable bonds is 15. The Morgan fingerprint density at radius 1 is 0.927 bits per heavy atom. The van der Waals surface area contributed by atoms with Crippen molar-refractivity contribution < 1.29 is 28.7 Å². The largest absolute Gasteiger partial charge is 0.351 e. The highest BCUT2D eigenvalue weighted by molar-refractivity contribution is 5.88. The van der Waals surface area contributed by atoms with Crippen LogP contribution in [0.5, 0.6) is 0 Å². The van der Waals surface area contributed by atoms with Crippen molar-refractivity contribution in [2.24, 2.45) is 0 Å². The Bertz CT molecular complexity index is 1260. The summed E-state index contributed by atoms with van der Waals surface area (Å²) in [6, 6.07) is 17.0. The Kier molecular flexibility index (Phi) is 12.5. The lowest BCUT2D eigenvalue weighted by atomic mass is 10.1. The number of ether oxygens (including phenoxy) is 2. The normalized spacial score (nSPS) is 12.5. The molecule has 2 atom stereocenters. The smallest absolute Gasteiger partial charge is 0.338 e. The summed E-state index contributed by atoms with van der Waals surface area (Å²) in [4.78, 5) is 49.4. The van der Waals surface area contributed by atoms with Crippen LogP contribution in [-0.4, -0.2) is 65.9 Å². The van der Waals surface area contributed by atoms with Crippen LogP contribution in [0, 0.1) is 0 Å². The predicted molar refractivity (Wildman–Crippen MR) is 154 cm³/mol. The van der Waals surface area contributed by atoms with Crippen LogP contribution in [0.1, 0.15) is 38.8 Å². The van der Waals surface area contributed by atoms with E-state index in [2.05, 4.69) is 21.1 Å². The third kappa shape index (κ3) is 9.52. The van der Waals surface area contributed by atoms with Gasteiger partial charge in [-0.2, -0.15) is 0 Å². The first-order valence-corrected chi connectivity index (χ1v) is 13.7. The molecule has 0 fully saturated rings. The molecule has 0 spiro atoms. The second-order valence-corrected chi connectivity index (χ2v) is 9.33. The van der Waals surface area contributed by atoms with Crippen LogP contribution < -0.4 is 16.1 Å². The molecule has 0 aliphatic heterocycles. The van der Waals surface area contributed by atoms with Crippen molar-refractivity contribution in [1.29, 1.82) is 0 Å². The van der Waals surface area contributed by atoms with E-state index in [-0.39, 0.29) is 12.5 Å². The van der Waals surface area contributed by atoms with Gasteiger partial charge in [0.2, 0.25) is 11.8 Å².